The molecule has 1 N–H and O–H groups in total. The van der Waals surface area contributed by atoms with E-state index in [0.717, 1.165) is 4.90 Å². The molecule has 1 heterocycles. The number of nitrogens with zero attached hydrogens (tertiary/aromatic N) is 2. The van der Waals surface area contributed by atoms with Gasteiger partial charge in [0.15, 0.2) is 5.78 Å². The lowest BCUT2D eigenvalue weighted by Crippen LogP contribution is -2.34. The maximum Gasteiger partial charge on any atom is 0.282 e. The van der Waals surface area contributed by atoms with Crippen LogP contribution in [-0.4, -0.2) is 34.1 Å². The third kappa shape index (κ3) is 2.85. The van der Waals surface area contributed by atoms with E-state index in [2.05, 4.69) is 5.32 Å². The Labute approximate surface area is 142 Å². The summed E-state index contributed by atoms with van der Waals surface area (Å²) in [7, 11) is 0. The Balaban J connectivity index is 1.79. The Kier molecular flexibility index (Phi) is 4.02. The van der Waals surface area contributed by atoms with Crippen LogP contribution in [0.4, 0.5) is 11.4 Å². The van der Waals surface area contributed by atoms with Crippen LogP contribution in [-0.2, 0) is 0 Å². The first-order valence-corrected chi connectivity index (χ1v) is 7.38. The van der Waals surface area contributed by atoms with Gasteiger partial charge in [-0.15, -0.1) is 0 Å². The number of fused-ring (bicyclic) bond motifs is 1. The van der Waals surface area contributed by atoms with Gasteiger partial charge < -0.3 is 5.32 Å². The van der Waals surface area contributed by atoms with Crippen LogP contribution in [0.3, 0.4) is 0 Å². The molecule has 0 fully saturated rings. The van der Waals surface area contributed by atoms with Crippen LogP contribution in [0, 0.1) is 10.1 Å². The molecule has 0 unspecified atom stereocenters. The van der Waals surface area contributed by atoms with E-state index in [4.69, 9.17) is 0 Å². The molecule has 0 saturated heterocycles. The molecule has 126 valence electrons. The van der Waals surface area contributed by atoms with Gasteiger partial charge in [-0.05, 0) is 37.3 Å². The van der Waals surface area contributed by atoms with Crippen LogP contribution < -0.4 is 5.32 Å². The van der Waals surface area contributed by atoms with Gasteiger partial charge in [-0.25, -0.2) is 0 Å². The van der Waals surface area contributed by atoms with Crippen LogP contribution in [0.2, 0.25) is 0 Å². The molecular weight excluding hydrogens is 326 g/mol. The predicted molar refractivity (Wildman–Crippen MR) is 88.5 cm³/mol. The zero-order chi connectivity index (χ0) is 18.1. The highest BCUT2D eigenvalue weighted by Crippen LogP contribution is 2.30. The maximum atomic E-state index is 12.4. The number of Topliss-reactive ketones (excluding diaryl/α,β-unsaturated/α-hetero) is 1. The number of carbonyl (C=O) groups is 3. The topological polar surface area (TPSA) is 110 Å². The summed E-state index contributed by atoms with van der Waals surface area (Å²) in [5, 5.41) is 14.0. The van der Waals surface area contributed by atoms with Crippen LogP contribution in [0.15, 0.2) is 42.5 Å². The van der Waals surface area contributed by atoms with E-state index in [1.807, 2.05) is 0 Å². The standard InChI is InChI=1S/C17H13N3O5/c1-10(21)11-5-7-12(8-6-11)18-9-19-16(22)13-3-2-4-14(20(24)25)15(13)17(19)23/h2-8,18H,9H2,1H3. The first kappa shape index (κ1) is 16.3. The third-order valence-electron chi connectivity index (χ3n) is 3.91. The van der Waals surface area contributed by atoms with E-state index in [1.165, 1.54) is 25.1 Å². The zero-order valence-electron chi connectivity index (χ0n) is 13.2. The lowest BCUT2D eigenvalue weighted by Gasteiger charge is -2.15. The Bertz CT molecular complexity index is 905. The summed E-state index contributed by atoms with van der Waals surface area (Å²) < 4.78 is 0. The van der Waals surface area contributed by atoms with Gasteiger partial charge in [0, 0.05) is 17.3 Å². The molecule has 8 nitrogen and oxygen atoms in total. The molecule has 0 aromatic heterocycles. The summed E-state index contributed by atoms with van der Waals surface area (Å²) >= 11 is 0. The molecule has 0 bridgehead atoms. The van der Waals surface area contributed by atoms with Crippen LogP contribution in [0.5, 0.6) is 0 Å². The van der Waals surface area contributed by atoms with Crippen molar-refractivity contribution in [3.8, 4) is 0 Å². The van der Waals surface area contributed by atoms with Crippen molar-refractivity contribution < 1.29 is 19.3 Å². The van der Waals surface area contributed by atoms with Crippen molar-refractivity contribution in [2.45, 2.75) is 6.92 Å². The lowest BCUT2D eigenvalue weighted by atomic mass is 10.1. The molecule has 2 aromatic rings. The van der Waals surface area contributed by atoms with Crippen molar-refractivity contribution in [3.63, 3.8) is 0 Å². The molecule has 25 heavy (non-hydrogen) atoms. The summed E-state index contributed by atoms with van der Waals surface area (Å²) in [4.78, 5) is 47.3. The van der Waals surface area contributed by atoms with Crippen molar-refractivity contribution in [1.82, 2.24) is 4.90 Å². The number of nitrogens with one attached hydrogen (secondary N) is 1. The summed E-state index contributed by atoms with van der Waals surface area (Å²) in [6.45, 7) is 1.32. The predicted octanol–water partition coefficient (Wildman–Crippen LogP) is 2.46. The molecule has 8 heteroatoms. The molecule has 0 spiro atoms. The minimum Gasteiger partial charge on any atom is -0.367 e. The van der Waals surface area contributed by atoms with E-state index in [-0.39, 0.29) is 29.3 Å². The van der Waals surface area contributed by atoms with E-state index < -0.39 is 16.7 Å². The van der Waals surface area contributed by atoms with Crippen molar-refractivity contribution in [3.05, 3.63) is 69.3 Å². The highest BCUT2D eigenvalue weighted by atomic mass is 16.6. The van der Waals surface area contributed by atoms with Gasteiger partial charge in [0.05, 0.1) is 17.2 Å². The Morgan fingerprint density at radius 2 is 1.80 bits per heavy atom. The van der Waals surface area contributed by atoms with E-state index in [0.29, 0.717) is 11.3 Å². The first-order valence-electron chi connectivity index (χ1n) is 7.38. The largest absolute Gasteiger partial charge is 0.367 e. The normalized spacial score (nSPS) is 12.9. The number of amides is 2. The summed E-state index contributed by atoms with van der Waals surface area (Å²) in [6, 6.07) is 10.5. The fourth-order valence-electron chi connectivity index (χ4n) is 2.60. The second-order valence-corrected chi connectivity index (χ2v) is 5.46. The average Bonchev–Trinajstić information content (AvgIpc) is 2.84. The summed E-state index contributed by atoms with van der Waals surface area (Å²) in [5.74, 6) is -1.36. The quantitative estimate of drug-likeness (QED) is 0.388. The van der Waals surface area contributed by atoms with Crippen molar-refractivity contribution in [2.24, 2.45) is 0 Å². The molecule has 2 aromatic carbocycles. The van der Waals surface area contributed by atoms with Gasteiger partial charge in [0.1, 0.15) is 5.56 Å². The molecule has 3 rings (SSSR count). The smallest absolute Gasteiger partial charge is 0.282 e. The number of hydrogen-bond donors (Lipinski definition) is 1. The molecule has 1 aliphatic heterocycles. The van der Waals surface area contributed by atoms with Crippen molar-refractivity contribution in [2.75, 3.05) is 12.0 Å². The first-order chi connectivity index (χ1) is 11.9. The van der Waals surface area contributed by atoms with Gasteiger partial charge >= 0.3 is 0 Å². The Morgan fingerprint density at radius 1 is 1.12 bits per heavy atom. The van der Waals surface area contributed by atoms with Crippen LogP contribution in [0.1, 0.15) is 38.0 Å². The van der Waals surface area contributed by atoms with E-state index >= 15 is 0 Å². The van der Waals surface area contributed by atoms with E-state index in [9.17, 15) is 24.5 Å². The maximum absolute atomic E-state index is 12.4. The number of hydrogen-bond acceptors (Lipinski definition) is 6. The van der Waals surface area contributed by atoms with Gasteiger partial charge in [-0.3, -0.25) is 29.4 Å². The second-order valence-electron chi connectivity index (χ2n) is 5.46. The molecule has 1 aliphatic rings. The van der Waals surface area contributed by atoms with Gasteiger partial charge in [0.25, 0.3) is 17.5 Å². The number of benzene rings is 2. The number of imide groups is 1. The molecule has 0 aliphatic carbocycles. The van der Waals surface area contributed by atoms with Gasteiger partial charge in [-0.1, -0.05) is 6.07 Å². The molecule has 2 amide bonds. The molecule has 0 saturated carbocycles. The number of nitro groups is 1. The fraction of sp³-hybridized carbons (Fsp3) is 0.118. The zero-order valence-corrected chi connectivity index (χ0v) is 13.2. The number of anilines is 1. The Hall–Kier alpha value is -3.55. The van der Waals surface area contributed by atoms with Crippen LogP contribution >= 0.6 is 0 Å². The second kappa shape index (κ2) is 6.16. The summed E-state index contributed by atoms with van der Waals surface area (Å²) in [6.07, 6.45) is 0. The number of nitro benzene ring substituents is 1. The van der Waals surface area contributed by atoms with Crippen molar-refractivity contribution in [1.29, 1.82) is 0 Å². The summed E-state index contributed by atoms with van der Waals surface area (Å²) in [5.41, 5.74) is 0.598. The van der Waals surface area contributed by atoms with Crippen molar-refractivity contribution >= 4 is 29.0 Å². The molecular formula is C17H13N3O5. The minimum absolute atomic E-state index is 0.0212. The highest BCUT2D eigenvalue weighted by Gasteiger charge is 2.40. The number of rotatable bonds is 5. The van der Waals surface area contributed by atoms with Crippen LogP contribution in [0.25, 0.3) is 0 Å². The average molecular weight is 339 g/mol. The monoisotopic (exact) mass is 339 g/mol. The third-order valence-corrected chi connectivity index (χ3v) is 3.91. The van der Waals surface area contributed by atoms with Gasteiger partial charge in [-0.2, -0.15) is 0 Å². The number of carbonyl (C=O) groups excluding carboxylic acids is 3. The highest BCUT2D eigenvalue weighted by molar-refractivity contribution is 6.23. The molecule has 0 radical (unpaired) electrons. The lowest BCUT2D eigenvalue weighted by molar-refractivity contribution is -0.385. The molecule has 0 atom stereocenters. The van der Waals surface area contributed by atoms with E-state index in [1.54, 1.807) is 24.3 Å². The Morgan fingerprint density at radius 3 is 2.40 bits per heavy atom. The fourth-order valence-corrected chi connectivity index (χ4v) is 2.60. The van der Waals surface area contributed by atoms with Gasteiger partial charge in [0.2, 0.25) is 0 Å². The minimum atomic E-state index is -0.708. The SMILES string of the molecule is CC(=O)c1ccc(NCN2C(=O)c3cccc([N+](=O)[O-])c3C2=O)cc1. The number of ketones is 1.